The molecule has 1 aromatic carbocycles. The van der Waals surface area contributed by atoms with Crippen LogP contribution in [0.4, 0.5) is 0 Å². The van der Waals surface area contributed by atoms with Gasteiger partial charge in [-0.1, -0.05) is 79.4 Å². The van der Waals surface area contributed by atoms with Crippen molar-refractivity contribution in [1.29, 1.82) is 0 Å². The predicted molar refractivity (Wildman–Crippen MR) is 124 cm³/mol. The highest BCUT2D eigenvalue weighted by Crippen LogP contribution is 2.24. The first kappa shape index (κ1) is 26.0. The number of ether oxygens (including phenoxy) is 3. The van der Waals surface area contributed by atoms with E-state index in [1.54, 1.807) is 0 Å². The molecule has 6 heteroatoms. The average molecular weight is 435 g/mol. The van der Waals surface area contributed by atoms with E-state index in [-0.39, 0.29) is 29.6 Å². The lowest BCUT2D eigenvalue weighted by atomic mass is 9.98. The Hall–Kier alpha value is -2.08. The number of hydrogen-bond donors (Lipinski definition) is 0. The van der Waals surface area contributed by atoms with E-state index in [0.717, 1.165) is 0 Å². The number of esters is 2. The number of carbonyl (C=O) groups is 2. The lowest BCUT2D eigenvalue weighted by Gasteiger charge is -2.20. The zero-order valence-corrected chi connectivity index (χ0v) is 21.0. The molecule has 1 aromatic rings. The van der Waals surface area contributed by atoms with Crippen LogP contribution in [0.3, 0.4) is 0 Å². The molecule has 0 aromatic heterocycles. The summed E-state index contributed by atoms with van der Waals surface area (Å²) in [6, 6.07) is 7.36. The third-order valence-electron chi connectivity index (χ3n) is 3.59. The number of rotatable bonds is 8. The van der Waals surface area contributed by atoms with E-state index in [4.69, 9.17) is 14.2 Å². The van der Waals surface area contributed by atoms with Crippen molar-refractivity contribution in [2.45, 2.75) is 61.2 Å². The highest BCUT2D eigenvalue weighted by atomic mass is 28.3. The summed E-state index contributed by atoms with van der Waals surface area (Å²) < 4.78 is 16.8. The largest absolute Gasteiger partial charge is 0.497 e. The van der Waals surface area contributed by atoms with E-state index in [0.29, 0.717) is 17.5 Å². The summed E-state index contributed by atoms with van der Waals surface area (Å²) in [7, 11) is -1.44. The zero-order chi connectivity index (χ0) is 23.2. The summed E-state index contributed by atoms with van der Waals surface area (Å²) in [4.78, 5) is 25.5. The Balaban J connectivity index is 3.22. The molecule has 0 atom stereocenters. The molecule has 0 saturated carbocycles. The molecule has 0 aliphatic carbocycles. The van der Waals surface area contributed by atoms with Crippen molar-refractivity contribution in [1.82, 2.24) is 0 Å². The summed E-state index contributed by atoms with van der Waals surface area (Å²) >= 11 is 0. The Labute approximate surface area is 182 Å². The monoisotopic (exact) mass is 434 g/mol. The van der Waals surface area contributed by atoms with Crippen molar-refractivity contribution < 1.29 is 23.8 Å². The van der Waals surface area contributed by atoms with Gasteiger partial charge < -0.3 is 14.2 Å². The predicted octanol–water partition coefficient (Wildman–Crippen LogP) is 5.50. The summed E-state index contributed by atoms with van der Waals surface area (Å²) in [5.41, 5.74) is 0.0850. The lowest BCUT2D eigenvalue weighted by Crippen LogP contribution is -2.30. The molecule has 168 valence electrons. The zero-order valence-electron chi connectivity index (χ0n) is 20.0. The van der Waals surface area contributed by atoms with Crippen LogP contribution >= 0.6 is 0 Å². The summed E-state index contributed by atoms with van der Waals surface area (Å²) in [6.45, 7) is 18.8. The Kier molecular flexibility index (Phi) is 8.90. The van der Waals surface area contributed by atoms with Crippen LogP contribution in [0.2, 0.25) is 19.6 Å². The summed E-state index contributed by atoms with van der Waals surface area (Å²) in [6.07, 6.45) is 2.14. The van der Waals surface area contributed by atoms with Crippen LogP contribution in [0.5, 0.6) is 5.75 Å². The Bertz CT molecular complexity index is 729. The molecule has 0 fully saturated rings. The van der Waals surface area contributed by atoms with Gasteiger partial charge in [-0.2, -0.15) is 0 Å². The first-order valence-electron chi connectivity index (χ1n) is 10.4. The van der Waals surface area contributed by atoms with E-state index >= 15 is 0 Å². The van der Waals surface area contributed by atoms with Gasteiger partial charge >= 0.3 is 11.9 Å². The molecule has 0 amide bonds. The molecule has 0 heterocycles. The summed E-state index contributed by atoms with van der Waals surface area (Å²) in [5.74, 6) is -0.752. The molecule has 0 radical (unpaired) electrons. The molecule has 0 saturated heterocycles. The second-order valence-electron chi connectivity index (χ2n) is 11.2. The molecule has 0 aliphatic rings. The number of carbonyl (C=O) groups excluding carboxylic acids is 2. The van der Waals surface area contributed by atoms with Crippen molar-refractivity contribution in [3.63, 3.8) is 0 Å². The number of benzene rings is 1. The minimum absolute atomic E-state index is 0.132. The van der Waals surface area contributed by atoms with Crippen LogP contribution in [0, 0.1) is 10.8 Å². The van der Waals surface area contributed by atoms with Gasteiger partial charge in [0.2, 0.25) is 0 Å². The molecule has 0 spiro atoms. The van der Waals surface area contributed by atoms with Crippen LogP contribution in [0.25, 0.3) is 6.08 Å². The maximum Gasteiger partial charge on any atom is 0.345 e. The van der Waals surface area contributed by atoms with Crippen molar-refractivity contribution in [2.24, 2.45) is 10.8 Å². The van der Waals surface area contributed by atoms with E-state index in [2.05, 4.69) is 19.6 Å². The van der Waals surface area contributed by atoms with Crippen molar-refractivity contribution >= 4 is 26.1 Å². The fraction of sp³-hybridized carbons (Fsp3) is 0.583. The van der Waals surface area contributed by atoms with Gasteiger partial charge in [0.15, 0.2) is 0 Å². The molecular weight excluding hydrogens is 396 g/mol. The maximum absolute atomic E-state index is 12.8. The van der Waals surface area contributed by atoms with Gasteiger partial charge in [-0.15, -0.1) is 0 Å². The summed E-state index contributed by atoms with van der Waals surface area (Å²) in [5, 5.41) is 0. The van der Waals surface area contributed by atoms with Gasteiger partial charge in [0.1, 0.15) is 11.3 Å². The standard InChI is InChI=1S/C24H38O5Si/c1-23(2,3)15-27-21(25)19(22(26)28-16-24(4,5)6)14-18-12-10-11-13-20(18)29-17-30(7,8)9/h10-14H,15-17H2,1-9H3. The Morgan fingerprint density at radius 3 is 1.77 bits per heavy atom. The van der Waals surface area contributed by atoms with Gasteiger partial charge in [0.25, 0.3) is 0 Å². The molecule has 0 unspecified atom stereocenters. The van der Waals surface area contributed by atoms with E-state index in [1.165, 1.54) is 6.08 Å². The minimum atomic E-state index is -1.44. The van der Waals surface area contributed by atoms with Gasteiger partial charge in [-0.25, -0.2) is 9.59 Å². The first-order chi connectivity index (χ1) is 13.6. The highest BCUT2D eigenvalue weighted by molar-refractivity contribution is 6.76. The highest BCUT2D eigenvalue weighted by Gasteiger charge is 2.26. The smallest absolute Gasteiger partial charge is 0.345 e. The molecule has 0 aliphatic heterocycles. The quantitative estimate of drug-likeness (QED) is 0.178. The van der Waals surface area contributed by atoms with Gasteiger partial charge in [-0.05, 0) is 23.0 Å². The topological polar surface area (TPSA) is 61.8 Å². The van der Waals surface area contributed by atoms with E-state index in [1.807, 2.05) is 65.8 Å². The van der Waals surface area contributed by atoms with Gasteiger partial charge in [-0.3, -0.25) is 0 Å². The van der Waals surface area contributed by atoms with Gasteiger partial charge in [0.05, 0.1) is 27.5 Å². The second-order valence-corrected chi connectivity index (χ2v) is 16.6. The molecule has 1 rings (SSSR count). The SMILES string of the molecule is CC(C)(C)COC(=O)C(=Cc1ccccc1OC[Si](C)(C)C)C(=O)OCC(C)(C)C. The molecular formula is C24H38O5Si. The van der Waals surface area contributed by atoms with Crippen LogP contribution in [0.15, 0.2) is 29.8 Å². The van der Waals surface area contributed by atoms with Crippen molar-refractivity contribution in [3.8, 4) is 5.75 Å². The molecule has 30 heavy (non-hydrogen) atoms. The third kappa shape index (κ3) is 10.6. The third-order valence-corrected chi connectivity index (χ3v) is 4.60. The van der Waals surface area contributed by atoms with Crippen molar-refractivity contribution in [3.05, 3.63) is 35.4 Å². The lowest BCUT2D eigenvalue weighted by molar-refractivity contribution is -0.149. The number of para-hydroxylation sites is 1. The normalized spacial score (nSPS) is 12.2. The maximum atomic E-state index is 12.8. The molecule has 5 nitrogen and oxygen atoms in total. The van der Waals surface area contributed by atoms with Crippen molar-refractivity contribution in [2.75, 3.05) is 19.4 Å². The number of hydrogen-bond acceptors (Lipinski definition) is 5. The Morgan fingerprint density at radius 2 is 1.33 bits per heavy atom. The second kappa shape index (κ2) is 10.3. The van der Waals surface area contributed by atoms with Crippen LogP contribution in [-0.4, -0.2) is 39.5 Å². The fourth-order valence-electron chi connectivity index (χ4n) is 2.10. The average Bonchev–Trinajstić information content (AvgIpc) is 2.59. The van der Waals surface area contributed by atoms with Gasteiger partial charge in [0, 0.05) is 5.56 Å². The molecule has 0 N–H and O–H groups in total. The van der Waals surface area contributed by atoms with Crippen LogP contribution in [-0.2, 0) is 19.1 Å². The Morgan fingerprint density at radius 1 is 0.867 bits per heavy atom. The molecule has 0 bridgehead atoms. The minimum Gasteiger partial charge on any atom is -0.497 e. The van der Waals surface area contributed by atoms with E-state index in [9.17, 15) is 9.59 Å². The van der Waals surface area contributed by atoms with Crippen LogP contribution < -0.4 is 4.74 Å². The van der Waals surface area contributed by atoms with Crippen LogP contribution in [0.1, 0.15) is 47.1 Å². The van der Waals surface area contributed by atoms with E-state index < -0.39 is 20.0 Å². The fourth-order valence-corrected chi connectivity index (χ4v) is 2.69. The first-order valence-corrected chi connectivity index (χ1v) is 14.1.